The van der Waals surface area contributed by atoms with Crippen LogP contribution in [0.3, 0.4) is 0 Å². The molecule has 1 fully saturated rings. The second-order valence-corrected chi connectivity index (χ2v) is 4.16. The Labute approximate surface area is 103 Å². The molecule has 0 aromatic carbocycles. The minimum Gasteiger partial charge on any atom is -0.358 e. The number of halogens is 1. The molecule has 2 rings (SSSR count). The summed E-state index contributed by atoms with van der Waals surface area (Å²) in [5.41, 5.74) is 0. The average Bonchev–Trinajstić information content (AvgIpc) is 2.31. The molecule has 1 atom stereocenters. The molecule has 1 saturated heterocycles. The molecule has 1 aliphatic heterocycles. The molecule has 0 saturated carbocycles. The Bertz CT molecular complexity index is 287. The number of anilines is 1. The summed E-state index contributed by atoms with van der Waals surface area (Å²) in [6.45, 7) is 3.36. The molecule has 1 aliphatic rings. The Morgan fingerprint density at radius 2 is 2.38 bits per heavy atom. The van der Waals surface area contributed by atoms with E-state index in [4.69, 9.17) is 0 Å². The summed E-state index contributed by atoms with van der Waals surface area (Å²) in [4.78, 5) is 10.6. The van der Waals surface area contributed by atoms with Gasteiger partial charge in [-0.05, 0) is 31.8 Å². The Balaban J connectivity index is 0.00000128. The van der Waals surface area contributed by atoms with E-state index >= 15 is 0 Å². The van der Waals surface area contributed by atoms with Gasteiger partial charge in [0.15, 0.2) is 0 Å². The van der Waals surface area contributed by atoms with E-state index in [0.717, 1.165) is 24.8 Å². The summed E-state index contributed by atoms with van der Waals surface area (Å²) in [5.74, 6) is 1.70. The van der Waals surface area contributed by atoms with Gasteiger partial charge in [-0.1, -0.05) is 0 Å². The lowest BCUT2D eigenvalue weighted by Gasteiger charge is -2.27. The fraction of sp³-hybridized carbons (Fsp3) is 0.636. The van der Waals surface area contributed by atoms with Crippen molar-refractivity contribution >= 4 is 18.2 Å². The molecule has 1 unspecified atom stereocenters. The molecule has 0 bridgehead atoms. The topological polar surface area (TPSA) is 41.0 Å². The molecule has 0 amide bonds. The average molecular weight is 243 g/mol. The van der Waals surface area contributed by atoms with E-state index in [1.807, 2.05) is 6.20 Å². The number of aromatic nitrogens is 2. The summed E-state index contributed by atoms with van der Waals surface area (Å²) in [5, 5.41) is 3.43. The van der Waals surface area contributed by atoms with Crippen molar-refractivity contribution in [2.45, 2.75) is 12.8 Å². The summed E-state index contributed by atoms with van der Waals surface area (Å²) >= 11 is 0. The van der Waals surface area contributed by atoms with Crippen LogP contribution in [0, 0.1) is 5.92 Å². The van der Waals surface area contributed by atoms with Crippen LogP contribution in [0.15, 0.2) is 18.6 Å². The van der Waals surface area contributed by atoms with Gasteiger partial charge in [0.1, 0.15) is 5.82 Å². The first-order valence-corrected chi connectivity index (χ1v) is 5.54. The molecular formula is C11H19ClN4. The van der Waals surface area contributed by atoms with Crippen LogP contribution in [0.25, 0.3) is 0 Å². The number of rotatable bonds is 3. The Kier molecular flexibility index (Phi) is 5.49. The van der Waals surface area contributed by atoms with Crippen molar-refractivity contribution in [3.05, 3.63) is 18.6 Å². The van der Waals surface area contributed by atoms with Crippen LogP contribution in [-0.4, -0.2) is 36.6 Å². The lowest BCUT2D eigenvalue weighted by molar-refractivity contribution is 0.380. The highest BCUT2D eigenvalue weighted by molar-refractivity contribution is 5.85. The van der Waals surface area contributed by atoms with E-state index in [1.54, 1.807) is 12.4 Å². The van der Waals surface area contributed by atoms with Crippen molar-refractivity contribution in [2.75, 3.05) is 31.6 Å². The molecular weight excluding hydrogens is 224 g/mol. The van der Waals surface area contributed by atoms with E-state index < -0.39 is 0 Å². The van der Waals surface area contributed by atoms with Crippen LogP contribution in [-0.2, 0) is 0 Å². The fourth-order valence-electron chi connectivity index (χ4n) is 2.05. The van der Waals surface area contributed by atoms with Crippen molar-refractivity contribution in [2.24, 2.45) is 5.92 Å². The number of hydrogen-bond donors (Lipinski definition) is 1. The van der Waals surface area contributed by atoms with E-state index in [1.165, 1.54) is 19.4 Å². The maximum Gasteiger partial charge on any atom is 0.146 e. The summed E-state index contributed by atoms with van der Waals surface area (Å²) in [7, 11) is 2.08. The van der Waals surface area contributed by atoms with Gasteiger partial charge in [-0.3, -0.25) is 4.98 Å². The summed E-state index contributed by atoms with van der Waals surface area (Å²) < 4.78 is 0. The van der Waals surface area contributed by atoms with Gasteiger partial charge in [0, 0.05) is 26.0 Å². The largest absolute Gasteiger partial charge is 0.358 e. The van der Waals surface area contributed by atoms with E-state index in [2.05, 4.69) is 27.2 Å². The van der Waals surface area contributed by atoms with Crippen LogP contribution in [0.5, 0.6) is 0 Å². The van der Waals surface area contributed by atoms with E-state index in [0.29, 0.717) is 0 Å². The second-order valence-electron chi connectivity index (χ2n) is 4.16. The molecule has 0 spiro atoms. The maximum absolute atomic E-state index is 4.29. The van der Waals surface area contributed by atoms with Crippen LogP contribution >= 0.6 is 12.4 Å². The molecule has 1 aromatic rings. The number of nitrogens with zero attached hydrogens (tertiary/aromatic N) is 3. The zero-order valence-electron chi connectivity index (χ0n) is 9.59. The Hall–Kier alpha value is -0.870. The molecule has 5 heteroatoms. The highest BCUT2D eigenvalue weighted by Crippen LogP contribution is 2.14. The second kappa shape index (κ2) is 6.66. The zero-order chi connectivity index (χ0) is 10.5. The van der Waals surface area contributed by atoms with Crippen LogP contribution < -0.4 is 10.2 Å². The Morgan fingerprint density at radius 1 is 1.50 bits per heavy atom. The van der Waals surface area contributed by atoms with Crippen molar-refractivity contribution in [3.63, 3.8) is 0 Å². The highest BCUT2D eigenvalue weighted by Gasteiger charge is 2.15. The third-order valence-corrected chi connectivity index (χ3v) is 2.87. The predicted octanol–water partition coefficient (Wildman–Crippen LogP) is 1.33. The summed E-state index contributed by atoms with van der Waals surface area (Å²) in [6, 6.07) is 0. The van der Waals surface area contributed by atoms with Crippen molar-refractivity contribution < 1.29 is 0 Å². The minimum atomic E-state index is 0. The quantitative estimate of drug-likeness (QED) is 0.869. The van der Waals surface area contributed by atoms with Crippen LogP contribution in [0.2, 0.25) is 0 Å². The van der Waals surface area contributed by atoms with Gasteiger partial charge in [0.05, 0.1) is 6.20 Å². The molecule has 90 valence electrons. The zero-order valence-corrected chi connectivity index (χ0v) is 10.4. The predicted molar refractivity (Wildman–Crippen MR) is 68.1 cm³/mol. The first kappa shape index (κ1) is 13.2. The monoisotopic (exact) mass is 242 g/mol. The van der Waals surface area contributed by atoms with Crippen molar-refractivity contribution in [3.8, 4) is 0 Å². The standard InChI is InChI=1S/C11H18N4.ClH/c1-15(11-8-13-5-6-14-11)9-10-3-2-4-12-7-10;/h5-6,8,10,12H,2-4,7,9H2,1H3;1H. The van der Waals surface area contributed by atoms with Gasteiger partial charge in [0.25, 0.3) is 0 Å². The lowest BCUT2D eigenvalue weighted by Crippen LogP contribution is -2.37. The summed E-state index contributed by atoms with van der Waals surface area (Å²) in [6.07, 6.45) is 7.87. The highest BCUT2D eigenvalue weighted by atomic mass is 35.5. The van der Waals surface area contributed by atoms with Crippen LogP contribution in [0.1, 0.15) is 12.8 Å². The van der Waals surface area contributed by atoms with Gasteiger partial charge in [0.2, 0.25) is 0 Å². The molecule has 16 heavy (non-hydrogen) atoms. The Morgan fingerprint density at radius 3 is 3.00 bits per heavy atom. The van der Waals surface area contributed by atoms with Gasteiger partial charge in [-0.2, -0.15) is 0 Å². The third kappa shape index (κ3) is 3.61. The van der Waals surface area contributed by atoms with Gasteiger partial charge in [-0.15, -0.1) is 12.4 Å². The maximum atomic E-state index is 4.29. The van der Waals surface area contributed by atoms with Gasteiger partial charge >= 0.3 is 0 Å². The number of nitrogens with one attached hydrogen (secondary N) is 1. The number of hydrogen-bond acceptors (Lipinski definition) is 4. The van der Waals surface area contributed by atoms with Gasteiger partial charge < -0.3 is 10.2 Å². The van der Waals surface area contributed by atoms with E-state index in [9.17, 15) is 0 Å². The fourth-order valence-corrected chi connectivity index (χ4v) is 2.05. The van der Waals surface area contributed by atoms with Crippen molar-refractivity contribution in [1.82, 2.24) is 15.3 Å². The SMILES string of the molecule is CN(CC1CCCNC1)c1cnccn1.Cl. The first-order chi connectivity index (χ1) is 7.36. The first-order valence-electron chi connectivity index (χ1n) is 5.54. The molecule has 4 nitrogen and oxygen atoms in total. The van der Waals surface area contributed by atoms with Gasteiger partial charge in [-0.25, -0.2) is 4.98 Å². The normalized spacial score (nSPS) is 19.9. The van der Waals surface area contributed by atoms with Crippen molar-refractivity contribution in [1.29, 1.82) is 0 Å². The smallest absolute Gasteiger partial charge is 0.146 e. The molecule has 1 aromatic heterocycles. The molecule has 0 radical (unpaired) electrons. The van der Waals surface area contributed by atoms with Crippen LogP contribution in [0.4, 0.5) is 5.82 Å². The molecule has 2 heterocycles. The van der Waals surface area contributed by atoms with E-state index in [-0.39, 0.29) is 12.4 Å². The molecule has 0 aliphatic carbocycles. The molecule has 1 N–H and O–H groups in total. The minimum absolute atomic E-state index is 0. The third-order valence-electron chi connectivity index (χ3n) is 2.87. The lowest BCUT2D eigenvalue weighted by atomic mass is 9.99. The number of piperidine rings is 1.